The Morgan fingerprint density at radius 2 is 2.08 bits per heavy atom. The number of aryl methyl sites for hydroxylation is 1. The van der Waals surface area contributed by atoms with Crippen LogP contribution in [-0.2, 0) is 11.3 Å². The van der Waals surface area contributed by atoms with Gasteiger partial charge in [-0.05, 0) is 13.8 Å². The standard InChI is InChI=1S/C18H20N4OS/c1-13(22-10-9-19-14(22)2)18(23)21(3)11-16-12-24-17(20-16)15-7-5-4-6-8-15/h4-10,12-13H,11H2,1-3H3. The molecule has 0 N–H and O–H groups in total. The van der Waals surface area contributed by atoms with Crippen LogP contribution in [0, 0.1) is 6.92 Å². The fourth-order valence-corrected chi connectivity index (χ4v) is 3.47. The number of carbonyl (C=O) groups is 1. The number of hydrogen-bond acceptors (Lipinski definition) is 4. The van der Waals surface area contributed by atoms with Gasteiger partial charge >= 0.3 is 0 Å². The van der Waals surface area contributed by atoms with E-state index in [1.807, 2.05) is 67.4 Å². The molecule has 0 radical (unpaired) electrons. The van der Waals surface area contributed by atoms with E-state index in [1.54, 1.807) is 22.4 Å². The third-order valence-corrected chi connectivity index (χ3v) is 4.93. The highest BCUT2D eigenvalue weighted by molar-refractivity contribution is 7.13. The fourth-order valence-electron chi connectivity index (χ4n) is 2.65. The number of hydrogen-bond donors (Lipinski definition) is 0. The molecular weight excluding hydrogens is 320 g/mol. The van der Waals surface area contributed by atoms with Crippen molar-refractivity contribution in [3.05, 3.63) is 59.6 Å². The van der Waals surface area contributed by atoms with Crippen LogP contribution in [0.5, 0.6) is 0 Å². The van der Waals surface area contributed by atoms with Crippen LogP contribution in [0.4, 0.5) is 0 Å². The number of nitrogens with zero attached hydrogens (tertiary/aromatic N) is 4. The SMILES string of the molecule is Cc1nccn1C(C)C(=O)N(C)Cc1csc(-c2ccccc2)n1. The average Bonchev–Trinajstić information content (AvgIpc) is 3.23. The first-order valence-corrected chi connectivity index (χ1v) is 8.68. The molecule has 0 bridgehead atoms. The molecule has 0 fully saturated rings. The van der Waals surface area contributed by atoms with Crippen molar-refractivity contribution in [3.63, 3.8) is 0 Å². The molecule has 2 aromatic heterocycles. The van der Waals surface area contributed by atoms with E-state index < -0.39 is 0 Å². The van der Waals surface area contributed by atoms with Crippen molar-refractivity contribution in [2.45, 2.75) is 26.4 Å². The highest BCUT2D eigenvalue weighted by Crippen LogP contribution is 2.24. The number of imidazole rings is 1. The summed E-state index contributed by atoms with van der Waals surface area (Å²) in [6.45, 7) is 4.29. The third-order valence-electron chi connectivity index (χ3n) is 3.98. The number of rotatable bonds is 5. The van der Waals surface area contributed by atoms with Crippen molar-refractivity contribution < 1.29 is 4.79 Å². The van der Waals surface area contributed by atoms with Crippen molar-refractivity contribution in [1.82, 2.24) is 19.4 Å². The minimum Gasteiger partial charge on any atom is -0.338 e. The van der Waals surface area contributed by atoms with Crippen LogP contribution in [-0.4, -0.2) is 32.4 Å². The van der Waals surface area contributed by atoms with Gasteiger partial charge in [0, 0.05) is 30.4 Å². The van der Waals surface area contributed by atoms with Crippen LogP contribution in [0.1, 0.15) is 24.5 Å². The Hall–Kier alpha value is -2.47. The van der Waals surface area contributed by atoms with E-state index >= 15 is 0 Å². The van der Waals surface area contributed by atoms with Gasteiger partial charge in [0.15, 0.2) is 0 Å². The summed E-state index contributed by atoms with van der Waals surface area (Å²) in [5.74, 6) is 0.884. The molecule has 3 rings (SSSR count). The average molecular weight is 340 g/mol. The normalized spacial score (nSPS) is 12.1. The van der Waals surface area contributed by atoms with Gasteiger partial charge in [0.05, 0.1) is 12.2 Å². The summed E-state index contributed by atoms with van der Waals surface area (Å²) in [6, 6.07) is 9.81. The second-order valence-electron chi connectivity index (χ2n) is 5.76. The minimum atomic E-state index is -0.273. The molecule has 1 unspecified atom stereocenters. The predicted octanol–water partition coefficient (Wildman–Crippen LogP) is 3.53. The highest BCUT2D eigenvalue weighted by atomic mass is 32.1. The number of amides is 1. The van der Waals surface area contributed by atoms with Gasteiger partial charge in [0.2, 0.25) is 5.91 Å². The Balaban J connectivity index is 1.69. The smallest absolute Gasteiger partial charge is 0.245 e. The molecule has 0 aliphatic rings. The predicted molar refractivity (Wildman–Crippen MR) is 95.7 cm³/mol. The molecule has 0 saturated carbocycles. The van der Waals surface area contributed by atoms with Crippen LogP contribution in [0.3, 0.4) is 0 Å². The number of aromatic nitrogens is 3. The van der Waals surface area contributed by atoms with Gasteiger partial charge in [-0.25, -0.2) is 9.97 Å². The van der Waals surface area contributed by atoms with Gasteiger partial charge < -0.3 is 9.47 Å². The van der Waals surface area contributed by atoms with E-state index in [0.29, 0.717) is 6.54 Å². The van der Waals surface area contributed by atoms with Crippen LogP contribution < -0.4 is 0 Å². The first-order chi connectivity index (χ1) is 11.6. The van der Waals surface area contributed by atoms with Gasteiger partial charge in [-0.2, -0.15) is 0 Å². The Kier molecular flexibility index (Phi) is 4.76. The maximum Gasteiger partial charge on any atom is 0.245 e. The lowest BCUT2D eigenvalue weighted by Crippen LogP contribution is -2.33. The summed E-state index contributed by atoms with van der Waals surface area (Å²) in [4.78, 5) is 23.2. The monoisotopic (exact) mass is 340 g/mol. The highest BCUT2D eigenvalue weighted by Gasteiger charge is 2.21. The van der Waals surface area contributed by atoms with E-state index in [0.717, 1.165) is 22.1 Å². The lowest BCUT2D eigenvalue weighted by atomic mass is 10.2. The van der Waals surface area contributed by atoms with Gasteiger partial charge in [0.1, 0.15) is 16.9 Å². The van der Waals surface area contributed by atoms with Gasteiger partial charge in [-0.15, -0.1) is 11.3 Å². The van der Waals surface area contributed by atoms with Crippen molar-refractivity contribution in [2.24, 2.45) is 0 Å². The summed E-state index contributed by atoms with van der Waals surface area (Å²) >= 11 is 1.60. The molecule has 0 saturated heterocycles. The second kappa shape index (κ2) is 6.97. The molecule has 24 heavy (non-hydrogen) atoms. The molecule has 1 atom stereocenters. The lowest BCUT2D eigenvalue weighted by molar-refractivity contribution is -0.133. The van der Waals surface area contributed by atoms with Crippen LogP contribution in [0.15, 0.2) is 48.1 Å². The molecule has 3 aromatic rings. The summed E-state index contributed by atoms with van der Waals surface area (Å²) in [7, 11) is 1.81. The Bertz CT molecular complexity index is 824. The first kappa shape index (κ1) is 16.4. The van der Waals surface area contributed by atoms with E-state index in [9.17, 15) is 4.79 Å². The molecule has 0 spiro atoms. The molecule has 2 heterocycles. The maximum atomic E-state index is 12.6. The third kappa shape index (κ3) is 3.38. The zero-order valence-corrected chi connectivity index (χ0v) is 14.8. The van der Waals surface area contributed by atoms with Crippen LogP contribution >= 0.6 is 11.3 Å². The van der Waals surface area contributed by atoms with Crippen molar-refractivity contribution in [3.8, 4) is 10.6 Å². The van der Waals surface area contributed by atoms with Gasteiger partial charge in [0.25, 0.3) is 0 Å². The molecule has 0 aliphatic heterocycles. The van der Waals surface area contributed by atoms with E-state index in [2.05, 4.69) is 9.97 Å². The summed E-state index contributed by atoms with van der Waals surface area (Å²) in [6.07, 6.45) is 3.55. The number of benzene rings is 1. The maximum absolute atomic E-state index is 12.6. The molecule has 1 amide bonds. The summed E-state index contributed by atoms with van der Waals surface area (Å²) in [5.41, 5.74) is 2.01. The largest absolute Gasteiger partial charge is 0.338 e. The zero-order valence-electron chi connectivity index (χ0n) is 14.0. The topological polar surface area (TPSA) is 51.0 Å². The molecule has 5 nitrogen and oxygen atoms in total. The molecular formula is C18H20N4OS. The fraction of sp³-hybridized carbons (Fsp3) is 0.278. The summed E-state index contributed by atoms with van der Waals surface area (Å²) in [5, 5.41) is 2.99. The van der Waals surface area contributed by atoms with Crippen molar-refractivity contribution in [1.29, 1.82) is 0 Å². The molecule has 0 aliphatic carbocycles. The zero-order chi connectivity index (χ0) is 17.1. The molecule has 124 valence electrons. The number of carbonyl (C=O) groups excluding carboxylic acids is 1. The van der Waals surface area contributed by atoms with Gasteiger partial charge in [-0.3, -0.25) is 4.79 Å². The molecule has 1 aromatic carbocycles. The Labute approximate surface area is 145 Å². The van der Waals surface area contributed by atoms with E-state index in [-0.39, 0.29) is 11.9 Å². The van der Waals surface area contributed by atoms with E-state index in [1.165, 1.54) is 0 Å². The Morgan fingerprint density at radius 3 is 2.75 bits per heavy atom. The van der Waals surface area contributed by atoms with Crippen LogP contribution in [0.25, 0.3) is 10.6 Å². The van der Waals surface area contributed by atoms with Gasteiger partial charge in [-0.1, -0.05) is 30.3 Å². The quantitative estimate of drug-likeness (QED) is 0.714. The number of thiazole rings is 1. The first-order valence-electron chi connectivity index (χ1n) is 7.80. The van der Waals surface area contributed by atoms with Crippen LogP contribution in [0.2, 0.25) is 0 Å². The van der Waals surface area contributed by atoms with Crippen molar-refractivity contribution >= 4 is 17.2 Å². The van der Waals surface area contributed by atoms with Crippen molar-refractivity contribution in [2.75, 3.05) is 7.05 Å². The summed E-state index contributed by atoms with van der Waals surface area (Å²) < 4.78 is 1.88. The lowest BCUT2D eigenvalue weighted by Gasteiger charge is -2.22. The molecule has 6 heteroatoms. The second-order valence-corrected chi connectivity index (χ2v) is 6.62. The Morgan fingerprint density at radius 1 is 1.33 bits per heavy atom. The number of likely N-dealkylation sites (N-methyl/N-ethyl adjacent to an activating group) is 1. The minimum absolute atomic E-state index is 0.0466. The van der Waals surface area contributed by atoms with E-state index in [4.69, 9.17) is 0 Å².